The van der Waals surface area contributed by atoms with E-state index < -0.39 is 5.54 Å². The molecule has 1 unspecified atom stereocenters. The third-order valence-corrected chi connectivity index (χ3v) is 4.55. The first-order valence-corrected chi connectivity index (χ1v) is 9.06. The minimum absolute atomic E-state index is 0.102. The van der Waals surface area contributed by atoms with Crippen LogP contribution in [0.1, 0.15) is 36.2 Å². The lowest BCUT2D eigenvalue weighted by molar-refractivity contribution is -0.123. The van der Waals surface area contributed by atoms with Crippen molar-refractivity contribution in [3.63, 3.8) is 0 Å². The molecule has 1 aromatic heterocycles. The molecule has 0 saturated heterocycles. The zero-order valence-corrected chi connectivity index (χ0v) is 16.0. The maximum absolute atomic E-state index is 12.7. The summed E-state index contributed by atoms with van der Waals surface area (Å²) in [6.45, 7) is 5.40. The molecule has 142 valence electrons. The van der Waals surface area contributed by atoms with Crippen LogP contribution in [-0.4, -0.2) is 37.1 Å². The van der Waals surface area contributed by atoms with Crippen molar-refractivity contribution < 1.29 is 14.3 Å². The molecule has 1 amide bonds. The number of carbonyl (C=O) groups excluding carboxylic acids is 1. The maximum Gasteiger partial charge on any atom is 0.226 e. The van der Waals surface area contributed by atoms with Crippen LogP contribution >= 0.6 is 0 Å². The summed E-state index contributed by atoms with van der Waals surface area (Å²) in [5.41, 5.74) is 3.06. The van der Waals surface area contributed by atoms with Gasteiger partial charge in [-0.3, -0.25) is 9.78 Å². The Hall–Kier alpha value is -2.73. The number of aliphatic imine (C=N–C) groups is 1. The van der Waals surface area contributed by atoms with Gasteiger partial charge in [0.1, 0.15) is 0 Å². The molecule has 1 aliphatic rings. The smallest absolute Gasteiger partial charge is 0.226 e. The van der Waals surface area contributed by atoms with E-state index in [1.165, 1.54) is 0 Å². The van der Waals surface area contributed by atoms with Gasteiger partial charge in [0.15, 0.2) is 0 Å². The Morgan fingerprint density at radius 1 is 1.30 bits per heavy atom. The van der Waals surface area contributed by atoms with Crippen LogP contribution in [0.5, 0.6) is 0 Å². The lowest BCUT2D eigenvalue weighted by Gasteiger charge is -2.30. The van der Waals surface area contributed by atoms with Crippen molar-refractivity contribution in [3.05, 3.63) is 65.0 Å². The summed E-state index contributed by atoms with van der Waals surface area (Å²) >= 11 is 0. The van der Waals surface area contributed by atoms with E-state index in [2.05, 4.69) is 15.3 Å². The first kappa shape index (κ1) is 19.0. The number of rotatable bonds is 7. The summed E-state index contributed by atoms with van der Waals surface area (Å²) in [5, 5.41) is 3.10. The molecular weight excluding hydrogens is 342 g/mol. The summed E-state index contributed by atoms with van der Waals surface area (Å²) in [6.07, 6.45) is 1.94. The van der Waals surface area contributed by atoms with Crippen LogP contribution in [0.3, 0.4) is 0 Å². The number of hydrogen-bond donors (Lipinski definition) is 1. The summed E-state index contributed by atoms with van der Waals surface area (Å²) in [6, 6.07) is 11.8. The Morgan fingerprint density at radius 2 is 2.07 bits per heavy atom. The number of methoxy groups -OCH3 is 1. The van der Waals surface area contributed by atoms with E-state index in [1.54, 1.807) is 13.3 Å². The molecule has 2 heterocycles. The van der Waals surface area contributed by atoms with Crippen molar-refractivity contribution in [3.8, 4) is 0 Å². The predicted molar refractivity (Wildman–Crippen MR) is 104 cm³/mol. The highest BCUT2D eigenvalue weighted by atomic mass is 16.5. The molecule has 0 aliphatic carbocycles. The lowest BCUT2D eigenvalue weighted by atomic mass is 9.92. The molecule has 3 rings (SSSR count). The maximum atomic E-state index is 12.7. The number of ether oxygens (including phenoxy) is 2. The summed E-state index contributed by atoms with van der Waals surface area (Å²) in [4.78, 5) is 21.5. The number of nitrogens with zero attached hydrogens (tertiary/aromatic N) is 2. The van der Waals surface area contributed by atoms with Gasteiger partial charge >= 0.3 is 0 Å². The standard InChI is InChI=1S/C21H25N3O3/c1-4-27-20-18-13-22-17(10-15(18)12-23-20)11-19(25)24-21(2,14-26-3)16-8-6-5-7-9-16/h5-10,13H,4,11-12,14H2,1-3H3,(H,24,25). The molecule has 1 N–H and O–H groups in total. The second-order valence-corrected chi connectivity index (χ2v) is 6.74. The van der Waals surface area contributed by atoms with E-state index in [-0.39, 0.29) is 12.3 Å². The number of fused-ring (bicyclic) bond motifs is 1. The highest BCUT2D eigenvalue weighted by molar-refractivity contribution is 5.97. The van der Waals surface area contributed by atoms with Gasteiger partial charge in [-0.25, -0.2) is 4.99 Å². The molecule has 0 bridgehead atoms. The van der Waals surface area contributed by atoms with Crippen LogP contribution in [-0.2, 0) is 32.8 Å². The van der Waals surface area contributed by atoms with Gasteiger partial charge in [-0.2, -0.15) is 0 Å². The highest BCUT2D eigenvalue weighted by Gasteiger charge is 2.29. The molecule has 6 heteroatoms. The second-order valence-electron chi connectivity index (χ2n) is 6.74. The van der Waals surface area contributed by atoms with Gasteiger partial charge in [0.25, 0.3) is 0 Å². The Morgan fingerprint density at radius 3 is 2.78 bits per heavy atom. The Kier molecular flexibility index (Phi) is 5.86. The summed E-state index contributed by atoms with van der Waals surface area (Å²) in [5.74, 6) is 0.530. The van der Waals surface area contributed by atoms with E-state index >= 15 is 0 Å². The van der Waals surface area contributed by atoms with Crippen molar-refractivity contribution in [2.75, 3.05) is 20.3 Å². The van der Waals surface area contributed by atoms with Crippen LogP contribution in [0.4, 0.5) is 0 Å². The van der Waals surface area contributed by atoms with Gasteiger partial charge in [-0.1, -0.05) is 30.3 Å². The molecule has 1 aromatic carbocycles. The molecule has 1 aliphatic heterocycles. The minimum Gasteiger partial charge on any atom is -0.478 e. The molecule has 0 spiro atoms. The highest BCUT2D eigenvalue weighted by Crippen LogP contribution is 2.22. The van der Waals surface area contributed by atoms with Crippen LogP contribution < -0.4 is 5.32 Å². The number of amides is 1. The zero-order chi connectivity index (χ0) is 19.3. The first-order chi connectivity index (χ1) is 13.1. The summed E-state index contributed by atoms with van der Waals surface area (Å²) < 4.78 is 10.9. The molecule has 0 radical (unpaired) electrons. The van der Waals surface area contributed by atoms with Crippen molar-refractivity contribution in [1.82, 2.24) is 10.3 Å². The number of benzene rings is 1. The topological polar surface area (TPSA) is 72.8 Å². The van der Waals surface area contributed by atoms with Crippen LogP contribution in [0.25, 0.3) is 0 Å². The van der Waals surface area contributed by atoms with E-state index in [4.69, 9.17) is 9.47 Å². The molecule has 0 fully saturated rings. The average Bonchev–Trinajstić information content (AvgIpc) is 3.05. The minimum atomic E-state index is -0.602. The summed E-state index contributed by atoms with van der Waals surface area (Å²) in [7, 11) is 1.63. The molecule has 27 heavy (non-hydrogen) atoms. The van der Waals surface area contributed by atoms with Gasteiger partial charge < -0.3 is 14.8 Å². The molecule has 1 atom stereocenters. The molecule has 6 nitrogen and oxygen atoms in total. The van der Waals surface area contributed by atoms with Crippen LogP contribution in [0.15, 0.2) is 47.6 Å². The second kappa shape index (κ2) is 8.31. The third kappa shape index (κ3) is 4.34. The molecular formula is C21H25N3O3. The van der Waals surface area contributed by atoms with Crippen LogP contribution in [0, 0.1) is 0 Å². The number of nitrogens with one attached hydrogen (secondary N) is 1. The quantitative estimate of drug-likeness (QED) is 0.816. The van der Waals surface area contributed by atoms with Gasteiger partial charge in [0.2, 0.25) is 11.8 Å². The lowest BCUT2D eigenvalue weighted by Crippen LogP contribution is -2.47. The normalized spacial score (nSPS) is 14.9. The Labute approximate surface area is 159 Å². The fourth-order valence-corrected chi connectivity index (χ4v) is 3.27. The number of aromatic nitrogens is 1. The van der Waals surface area contributed by atoms with E-state index in [0.29, 0.717) is 31.4 Å². The van der Waals surface area contributed by atoms with Gasteiger partial charge in [0, 0.05) is 13.3 Å². The van der Waals surface area contributed by atoms with Crippen molar-refractivity contribution in [2.24, 2.45) is 4.99 Å². The fourth-order valence-electron chi connectivity index (χ4n) is 3.27. The monoisotopic (exact) mass is 367 g/mol. The van der Waals surface area contributed by atoms with E-state index in [1.807, 2.05) is 50.2 Å². The molecule has 0 saturated carbocycles. The predicted octanol–water partition coefficient (Wildman–Crippen LogP) is 2.60. The average molecular weight is 367 g/mol. The van der Waals surface area contributed by atoms with Crippen molar-refractivity contribution in [2.45, 2.75) is 32.4 Å². The largest absolute Gasteiger partial charge is 0.478 e. The van der Waals surface area contributed by atoms with Crippen molar-refractivity contribution >= 4 is 11.8 Å². The SMILES string of the molecule is CCOC1=NCc2cc(CC(=O)NC(C)(COC)c3ccccc3)ncc21. The van der Waals surface area contributed by atoms with Crippen molar-refractivity contribution in [1.29, 1.82) is 0 Å². The van der Waals surface area contributed by atoms with E-state index in [0.717, 1.165) is 16.7 Å². The number of carbonyl (C=O) groups is 1. The van der Waals surface area contributed by atoms with Crippen LogP contribution in [0.2, 0.25) is 0 Å². The third-order valence-electron chi connectivity index (χ3n) is 4.55. The van der Waals surface area contributed by atoms with Gasteiger partial charge in [0.05, 0.1) is 43.0 Å². The Balaban J connectivity index is 1.70. The van der Waals surface area contributed by atoms with Gasteiger partial charge in [-0.15, -0.1) is 0 Å². The van der Waals surface area contributed by atoms with E-state index in [9.17, 15) is 4.79 Å². The van der Waals surface area contributed by atoms with Gasteiger partial charge in [-0.05, 0) is 31.0 Å². The Bertz CT molecular complexity index is 836. The fraction of sp³-hybridized carbons (Fsp3) is 0.381. The number of hydrogen-bond acceptors (Lipinski definition) is 5. The number of pyridine rings is 1. The molecule has 2 aromatic rings. The zero-order valence-electron chi connectivity index (χ0n) is 16.0. The first-order valence-electron chi connectivity index (χ1n) is 9.06.